The van der Waals surface area contributed by atoms with E-state index in [1.807, 2.05) is 0 Å². The maximum atomic E-state index is 11.5. The first-order valence-electron chi connectivity index (χ1n) is 5.72. The van der Waals surface area contributed by atoms with Gasteiger partial charge in [-0.1, -0.05) is 17.7 Å². The Morgan fingerprint density at radius 3 is 2.95 bits per heavy atom. The summed E-state index contributed by atoms with van der Waals surface area (Å²) in [6.45, 7) is 0. The van der Waals surface area contributed by atoms with Gasteiger partial charge in [0.2, 0.25) is 0 Å². The van der Waals surface area contributed by atoms with Crippen LogP contribution in [0.15, 0.2) is 24.4 Å². The first-order chi connectivity index (χ1) is 9.61. The van der Waals surface area contributed by atoms with Gasteiger partial charge in [0, 0.05) is 6.20 Å². The maximum absolute atomic E-state index is 11.5. The molecule has 7 heteroatoms. The molecule has 0 aliphatic carbocycles. The number of halogens is 1. The molecule has 1 aromatic carbocycles. The van der Waals surface area contributed by atoms with E-state index in [0.717, 1.165) is 0 Å². The number of hydrogen-bond donors (Lipinski definition) is 2. The van der Waals surface area contributed by atoms with Gasteiger partial charge >= 0.3 is 0 Å². The number of rotatable bonds is 2. The van der Waals surface area contributed by atoms with Crippen molar-refractivity contribution in [2.75, 3.05) is 12.4 Å². The molecule has 1 aliphatic rings. The van der Waals surface area contributed by atoms with E-state index in [-0.39, 0.29) is 16.5 Å². The van der Waals surface area contributed by atoms with Crippen LogP contribution in [-0.2, 0) is 0 Å². The summed E-state index contributed by atoms with van der Waals surface area (Å²) in [4.78, 5) is 15.4. The molecule has 0 radical (unpaired) electrons. The minimum absolute atomic E-state index is 0.144. The number of aromatic nitrogens is 1. The minimum atomic E-state index is -0.625. The SMILES string of the molecule is COc1cccc2c1Nc1c(C(N)=O)cnc(Cl)c1O2. The van der Waals surface area contributed by atoms with Crippen LogP contribution in [0.25, 0.3) is 0 Å². The Hall–Kier alpha value is -2.47. The summed E-state index contributed by atoms with van der Waals surface area (Å²) in [5, 5.41) is 3.22. The van der Waals surface area contributed by atoms with Crippen LogP contribution in [0, 0.1) is 0 Å². The molecule has 0 atom stereocenters. The lowest BCUT2D eigenvalue weighted by Gasteiger charge is -2.24. The zero-order valence-electron chi connectivity index (χ0n) is 10.4. The third kappa shape index (κ3) is 1.81. The smallest absolute Gasteiger partial charge is 0.252 e. The second-order valence-corrected chi connectivity index (χ2v) is 4.45. The summed E-state index contributed by atoms with van der Waals surface area (Å²) in [7, 11) is 1.54. The van der Waals surface area contributed by atoms with Crippen molar-refractivity contribution >= 4 is 28.9 Å². The third-order valence-corrected chi connectivity index (χ3v) is 3.20. The molecule has 3 N–H and O–H groups in total. The van der Waals surface area contributed by atoms with E-state index >= 15 is 0 Å². The van der Waals surface area contributed by atoms with Crippen molar-refractivity contribution < 1.29 is 14.3 Å². The van der Waals surface area contributed by atoms with E-state index in [9.17, 15) is 4.79 Å². The van der Waals surface area contributed by atoms with Gasteiger partial charge in [0.05, 0.1) is 18.4 Å². The largest absolute Gasteiger partial charge is 0.494 e. The second-order valence-electron chi connectivity index (χ2n) is 4.09. The minimum Gasteiger partial charge on any atom is -0.494 e. The number of benzene rings is 1. The molecular weight excluding hydrogens is 282 g/mol. The van der Waals surface area contributed by atoms with Crippen LogP contribution in [0.1, 0.15) is 10.4 Å². The molecule has 1 amide bonds. The first kappa shape index (κ1) is 12.6. The average molecular weight is 292 g/mol. The van der Waals surface area contributed by atoms with Crippen molar-refractivity contribution in [2.45, 2.75) is 0 Å². The molecule has 3 rings (SSSR count). The fraction of sp³-hybridized carbons (Fsp3) is 0.0769. The lowest BCUT2D eigenvalue weighted by molar-refractivity contribution is 0.100. The predicted molar refractivity (Wildman–Crippen MR) is 74.1 cm³/mol. The van der Waals surface area contributed by atoms with Crippen molar-refractivity contribution in [1.82, 2.24) is 4.98 Å². The molecule has 1 aliphatic heterocycles. The molecule has 0 unspecified atom stereocenters. The number of amides is 1. The molecule has 0 bridgehead atoms. The van der Waals surface area contributed by atoms with Crippen LogP contribution < -0.4 is 20.5 Å². The zero-order valence-corrected chi connectivity index (χ0v) is 11.2. The molecule has 20 heavy (non-hydrogen) atoms. The van der Waals surface area contributed by atoms with Gasteiger partial charge in [0.15, 0.2) is 16.7 Å². The third-order valence-electron chi connectivity index (χ3n) is 2.93. The van der Waals surface area contributed by atoms with Crippen molar-refractivity contribution in [3.8, 4) is 17.2 Å². The van der Waals surface area contributed by atoms with Gasteiger partial charge in [-0.2, -0.15) is 0 Å². The van der Waals surface area contributed by atoms with E-state index in [0.29, 0.717) is 22.9 Å². The molecule has 102 valence electrons. The summed E-state index contributed by atoms with van der Waals surface area (Å²) in [5.74, 6) is 0.752. The van der Waals surface area contributed by atoms with Crippen molar-refractivity contribution in [3.63, 3.8) is 0 Å². The van der Waals surface area contributed by atoms with Crippen molar-refractivity contribution in [3.05, 3.63) is 35.1 Å². The van der Waals surface area contributed by atoms with E-state index in [1.54, 1.807) is 25.3 Å². The molecule has 2 heterocycles. The summed E-state index contributed by atoms with van der Waals surface area (Å²) < 4.78 is 10.9. The van der Waals surface area contributed by atoms with Crippen LogP contribution in [0.4, 0.5) is 11.4 Å². The predicted octanol–water partition coefficient (Wildman–Crippen LogP) is 2.69. The number of primary amides is 1. The Kier molecular flexibility index (Phi) is 2.87. The standard InChI is InChI=1S/C13H10ClN3O3/c1-19-7-3-2-4-8-10(7)17-9-6(13(15)18)5-16-12(14)11(9)20-8/h2-5,17H,1H3,(H2,15,18). The summed E-state index contributed by atoms with van der Waals surface area (Å²) in [6.07, 6.45) is 1.31. The number of anilines is 2. The van der Waals surface area contributed by atoms with E-state index in [1.165, 1.54) is 6.20 Å². The number of nitrogens with one attached hydrogen (secondary N) is 1. The van der Waals surface area contributed by atoms with E-state index in [2.05, 4.69) is 10.3 Å². The Labute approximate surface area is 119 Å². The number of hydrogen-bond acceptors (Lipinski definition) is 5. The number of ether oxygens (including phenoxy) is 2. The molecule has 0 spiro atoms. The van der Waals surface area contributed by atoms with Gasteiger partial charge in [-0.05, 0) is 12.1 Å². The molecule has 1 aromatic heterocycles. The zero-order chi connectivity index (χ0) is 14.3. The van der Waals surface area contributed by atoms with Crippen LogP contribution in [0.2, 0.25) is 5.15 Å². The fourth-order valence-corrected chi connectivity index (χ4v) is 2.18. The highest BCUT2D eigenvalue weighted by atomic mass is 35.5. The van der Waals surface area contributed by atoms with Gasteiger partial charge in [-0.15, -0.1) is 0 Å². The number of carbonyl (C=O) groups excluding carboxylic acids is 1. The van der Waals surface area contributed by atoms with E-state index in [4.69, 9.17) is 26.8 Å². The van der Waals surface area contributed by atoms with Crippen LogP contribution in [0.5, 0.6) is 17.2 Å². The highest BCUT2D eigenvalue weighted by molar-refractivity contribution is 6.31. The monoisotopic (exact) mass is 291 g/mol. The fourth-order valence-electron chi connectivity index (χ4n) is 2.00. The maximum Gasteiger partial charge on any atom is 0.252 e. The Morgan fingerprint density at radius 1 is 1.45 bits per heavy atom. The normalized spacial score (nSPS) is 11.7. The number of methoxy groups -OCH3 is 1. The molecule has 0 saturated carbocycles. The van der Waals surface area contributed by atoms with Crippen molar-refractivity contribution in [1.29, 1.82) is 0 Å². The number of para-hydroxylation sites is 1. The summed E-state index contributed by atoms with van der Waals surface area (Å²) in [6, 6.07) is 5.30. The van der Waals surface area contributed by atoms with Crippen LogP contribution in [0.3, 0.4) is 0 Å². The number of pyridine rings is 1. The van der Waals surface area contributed by atoms with Crippen LogP contribution >= 0.6 is 11.6 Å². The van der Waals surface area contributed by atoms with Gasteiger partial charge in [-0.25, -0.2) is 4.98 Å². The van der Waals surface area contributed by atoms with Crippen LogP contribution in [-0.4, -0.2) is 18.0 Å². The van der Waals surface area contributed by atoms with Gasteiger partial charge in [-0.3, -0.25) is 4.79 Å². The molecule has 2 aromatic rings. The Morgan fingerprint density at radius 2 is 2.25 bits per heavy atom. The number of carbonyl (C=O) groups is 1. The Balaban J connectivity index is 2.20. The van der Waals surface area contributed by atoms with Gasteiger partial charge < -0.3 is 20.5 Å². The topological polar surface area (TPSA) is 86.5 Å². The number of nitrogens with zero attached hydrogens (tertiary/aromatic N) is 1. The lowest BCUT2D eigenvalue weighted by Crippen LogP contribution is -2.16. The molecule has 0 saturated heterocycles. The lowest BCUT2D eigenvalue weighted by atomic mass is 10.1. The first-order valence-corrected chi connectivity index (χ1v) is 6.09. The summed E-state index contributed by atoms with van der Waals surface area (Å²) in [5.41, 5.74) is 6.51. The second kappa shape index (κ2) is 4.57. The summed E-state index contributed by atoms with van der Waals surface area (Å²) >= 11 is 6.00. The van der Waals surface area contributed by atoms with Gasteiger partial charge in [0.1, 0.15) is 11.4 Å². The highest BCUT2D eigenvalue weighted by Gasteiger charge is 2.26. The molecular formula is C13H10ClN3O3. The van der Waals surface area contributed by atoms with E-state index < -0.39 is 5.91 Å². The number of fused-ring (bicyclic) bond motifs is 2. The molecule has 0 fully saturated rings. The Bertz CT molecular complexity index is 718. The quantitative estimate of drug-likeness (QED) is 0.709. The average Bonchev–Trinajstić information content (AvgIpc) is 2.45. The highest BCUT2D eigenvalue weighted by Crippen LogP contribution is 2.49. The number of nitrogens with two attached hydrogens (primary N) is 1. The van der Waals surface area contributed by atoms with Gasteiger partial charge in [0.25, 0.3) is 5.91 Å². The van der Waals surface area contributed by atoms with Crippen molar-refractivity contribution in [2.24, 2.45) is 5.73 Å². The molecule has 6 nitrogen and oxygen atoms in total.